The number of hydrogen-bond acceptors (Lipinski definition) is 6. The van der Waals surface area contributed by atoms with Gasteiger partial charge in [-0.05, 0) is 25.8 Å². The van der Waals surface area contributed by atoms with Crippen LogP contribution >= 0.6 is 0 Å². The van der Waals surface area contributed by atoms with Crippen LogP contribution in [0.25, 0.3) is 0 Å². The van der Waals surface area contributed by atoms with Crippen LogP contribution < -0.4 is 0 Å². The van der Waals surface area contributed by atoms with Gasteiger partial charge >= 0.3 is 11.9 Å². The molecule has 1 amide bonds. The third-order valence-electron chi connectivity index (χ3n) is 3.96. The fourth-order valence-corrected chi connectivity index (χ4v) is 2.82. The van der Waals surface area contributed by atoms with Gasteiger partial charge in [0.2, 0.25) is 5.78 Å². The summed E-state index contributed by atoms with van der Waals surface area (Å²) in [6, 6.07) is 8.07. The van der Waals surface area contributed by atoms with Gasteiger partial charge in [0.15, 0.2) is 12.0 Å². The summed E-state index contributed by atoms with van der Waals surface area (Å²) in [6.07, 6.45) is 0.450. The molecule has 0 spiro atoms. The maximum atomic E-state index is 12.3. The first-order chi connectivity index (χ1) is 12.0. The molecule has 1 saturated heterocycles. The molecule has 0 aromatic heterocycles. The molecule has 1 aromatic carbocycles. The molecule has 0 aliphatic carbocycles. The van der Waals surface area contributed by atoms with Crippen LogP contribution in [0.2, 0.25) is 0 Å². The normalized spacial score (nSPS) is 19.8. The Morgan fingerprint density at radius 3 is 2.20 bits per heavy atom. The first-order valence-corrected chi connectivity index (χ1v) is 8.23. The smallest absolute Gasteiger partial charge is 0.330 e. The lowest BCUT2D eigenvalue weighted by Gasteiger charge is -2.24. The van der Waals surface area contributed by atoms with Gasteiger partial charge in [-0.15, -0.1) is 0 Å². The Hall–Kier alpha value is -2.70. The van der Waals surface area contributed by atoms with Gasteiger partial charge in [0.1, 0.15) is 0 Å². The van der Waals surface area contributed by atoms with E-state index in [1.165, 1.54) is 0 Å². The number of benzene rings is 1. The van der Waals surface area contributed by atoms with Crippen molar-refractivity contribution in [2.75, 3.05) is 19.8 Å². The van der Waals surface area contributed by atoms with Crippen LogP contribution in [-0.4, -0.2) is 54.3 Å². The fraction of sp³-hybridized carbons (Fsp3) is 0.444. The fourth-order valence-electron chi connectivity index (χ4n) is 2.82. The highest BCUT2D eigenvalue weighted by Crippen LogP contribution is 2.26. The summed E-state index contributed by atoms with van der Waals surface area (Å²) < 4.78 is 9.84. The molecule has 7 heteroatoms. The SMILES string of the molecule is CCOC(=O)[C@@H]1C(=O)C(=O)N(CCc2ccccc2)[C@@H]1C(=O)OCC. The zero-order chi connectivity index (χ0) is 18.4. The maximum Gasteiger partial charge on any atom is 0.330 e. The lowest BCUT2D eigenvalue weighted by molar-refractivity contribution is -0.160. The van der Waals surface area contributed by atoms with E-state index in [9.17, 15) is 19.2 Å². The predicted molar refractivity (Wildman–Crippen MR) is 87.4 cm³/mol. The molecule has 1 aliphatic rings. The lowest BCUT2D eigenvalue weighted by atomic mass is 9.99. The summed E-state index contributed by atoms with van der Waals surface area (Å²) in [5, 5.41) is 0. The Kier molecular flexibility index (Phi) is 6.27. The van der Waals surface area contributed by atoms with E-state index in [0.29, 0.717) is 6.42 Å². The molecule has 2 atom stereocenters. The molecule has 1 fully saturated rings. The first kappa shape index (κ1) is 18.6. The molecule has 1 aromatic rings. The monoisotopic (exact) mass is 347 g/mol. The number of ether oxygens (including phenoxy) is 2. The number of carbonyl (C=O) groups is 4. The molecule has 0 N–H and O–H groups in total. The number of esters is 2. The van der Waals surface area contributed by atoms with Crippen molar-refractivity contribution in [3.8, 4) is 0 Å². The van der Waals surface area contributed by atoms with Crippen molar-refractivity contribution in [3.63, 3.8) is 0 Å². The molecule has 0 unspecified atom stereocenters. The van der Waals surface area contributed by atoms with Crippen LogP contribution in [0.3, 0.4) is 0 Å². The minimum absolute atomic E-state index is 0.0519. The molecule has 2 rings (SSSR count). The zero-order valence-corrected chi connectivity index (χ0v) is 14.3. The molecule has 25 heavy (non-hydrogen) atoms. The van der Waals surface area contributed by atoms with E-state index in [1.807, 2.05) is 30.3 Å². The van der Waals surface area contributed by atoms with Gasteiger partial charge in [-0.2, -0.15) is 0 Å². The number of amides is 1. The average Bonchev–Trinajstić information content (AvgIpc) is 2.86. The Bertz CT molecular complexity index is 657. The average molecular weight is 347 g/mol. The van der Waals surface area contributed by atoms with Crippen molar-refractivity contribution < 1.29 is 28.7 Å². The second kappa shape index (κ2) is 8.41. The van der Waals surface area contributed by atoms with E-state index in [-0.39, 0.29) is 19.8 Å². The van der Waals surface area contributed by atoms with Gasteiger partial charge in [-0.3, -0.25) is 14.4 Å². The Morgan fingerprint density at radius 2 is 1.60 bits per heavy atom. The van der Waals surface area contributed by atoms with Crippen LogP contribution in [-0.2, 0) is 35.1 Å². The highest BCUT2D eigenvalue weighted by atomic mass is 16.5. The van der Waals surface area contributed by atoms with Crippen LogP contribution in [0.4, 0.5) is 0 Å². The summed E-state index contributed by atoms with van der Waals surface area (Å²) >= 11 is 0. The highest BCUT2D eigenvalue weighted by molar-refractivity contribution is 6.43. The number of carbonyl (C=O) groups excluding carboxylic acids is 4. The van der Waals surface area contributed by atoms with Crippen LogP contribution in [0.1, 0.15) is 19.4 Å². The minimum Gasteiger partial charge on any atom is -0.465 e. The number of hydrogen-bond donors (Lipinski definition) is 0. The molecule has 7 nitrogen and oxygen atoms in total. The summed E-state index contributed by atoms with van der Waals surface area (Å²) in [7, 11) is 0. The standard InChI is InChI=1S/C18H21NO6/c1-3-24-17(22)13-14(18(23)25-4-2)19(16(21)15(13)20)11-10-12-8-6-5-7-9-12/h5-9,13-14H,3-4,10-11H2,1-2H3/t13-,14-/m0/s1. The van der Waals surface area contributed by atoms with Gasteiger partial charge in [-0.25, -0.2) is 4.79 Å². The van der Waals surface area contributed by atoms with Crippen molar-refractivity contribution in [1.29, 1.82) is 0 Å². The van der Waals surface area contributed by atoms with E-state index in [1.54, 1.807) is 13.8 Å². The quantitative estimate of drug-likeness (QED) is 0.411. The Balaban J connectivity index is 2.24. The molecule has 1 heterocycles. The molecule has 0 radical (unpaired) electrons. The van der Waals surface area contributed by atoms with E-state index in [4.69, 9.17) is 9.47 Å². The summed E-state index contributed by atoms with van der Waals surface area (Å²) in [4.78, 5) is 50.1. The summed E-state index contributed by atoms with van der Waals surface area (Å²) in [5.74, 6) is -4.90. The van der Waals surface area contributed by atoms with Crippen LogP contribution in [0, 0.1) is 5.92 Å². The Morgan fingerprint density at radius 1 is 1.00 bits per heavy atom. The molecular formula is C18H21NO6. The maximum absolute atomic E-state index is 12.3. The lowest BCUT2D eigenvalue weighted by Crippen LogP contribution is -2.45. The summed E-state index contributed by atoms with van der Waals surface area (Å²) in [5.41, 5.74) is 0.949. The van der Waals surface area contributed by atoms with Gasteiger partial charge in [0, 0.05) is 6.54 Å². The number of ketones is 1. The van der Waals surface area contributed by atoms with Crippen molar-refractivity contribution in [3.05, 3.63) is 35.9 Å². The van der Waals surface area contributed by atoms with Crippen molar-refractivity contribution in [2.45, 2.75) is 26.3 Å². The number of nitrogens with zero attached hydrogens (tertiary/aromatic N) is 1. The molecule has 0 bridgehead atoms. The van der Waals surface area contributed by atoms with E-state index >= 15 is 0 Å². The van der Waals surface area contributed by atoms with Crippen LogP contribution in [0.5, 0.6) is 0 Å². The van der Waals surface area contributed by atoms with E-state index in [2.05, 4.69) is 0 Å². The zero-order valence-electron chi connectivity index (χ0n) is 14.3. The van der Waals surface area contributed by atoms with Crippen molar-refractivity contribution >= 4 is 23.6 Å². The second-order valence-corrected chi connectivity index (χ2v) is 5.53. The Labute approximate surface area is 145 Å². The molecule has 0 saturated carbocycles. The predicted octanol–water partition coefficient (Wildman–Crippen LogP) is 0.751. The number of likely N-dealkylation sites (tertiary alicyclic amines) is 1. The van der Waals surface area contributed by atoms with Gasteiger partial charge in [-0.1, -0.05) is 30.3 Å². The highest BCUT2D eigenvalue weighted by Gasteiger charge is 2.55. The van der Waals surface area contributed by atoms with Crippen LogP contribution in [0.15, 0.2) is 30.3 Å². The van der Waals surface area contributed by atoms with Gasteiger partial charge in [0.25, 0.3) is 5.91 Å². The third-order valence-corrected chi connectivity index (χ3v) is 3.96. The van der Waals surface area contributed by atoms with Crippen molar-refractivity contribution in [2.24, 2.45) is 5.92 Å². The topological polar surface area (TPSA) is 90.0 Å². The molecular weight excluding hydrogens is 326 g/mol. The van der Waals surface area contributed by atoms with Gasteiger partial charge in [0.05, 0.1) is 13.2 Å². The second-order valence-electron chi connectivity index (χ2n) is 5.53. The molecule has 1 aliphatic heterocycles. The largest absolute Gasteiger partial charge is 0.465 e. The van der Waals surface area contributed by atoms with Gasteiger partial charge < -0.3 is 14.4 Å². The first-order valence-electron chi connectivity index (χ1n) is 8.23. The summed E-state index contributed by atoms with van der Waals surface area (Å²) in [6.45, 7) is 3.47. The van der Waals surface area contributed by atoms with E-state index < -0.39 is 35.6 Å². The number of Topliss-reactive ketones (excluding diaryl/α,β-unsaturated/α-hetero) is 1. The molecule has 134 valence electrons. The third kappa shape index (κ3) is 4.04. The van der Waals surface area contributed by atoms with E-state index in [0.717, 1.165) is 10.5 Å². The number of rotatable bonds is 7. The van der Waals surface area contributed by atoms with Crippen molar-refractivity contribution in [1.82, 2.24) is 4.90 Å². The minimum atomic E-state index is -1.47.